The largest absolute Gasteiger partial charge is 0.462 e. The van der Waals surface area contributed by atoms with Crippen LogP contribution in [0.1, 0.15) is 213 Å². The molecule has 0 aromatic rings. The summed E-state index contributed by atoms with van der Waals surface area (Å²) in [6.45, 7) is 6.37. The van der Waals surface area contributed by atoms with Crippen LogP contribution >= 0.6 is 0 Å². The first kappa shape index (κ1) is 57.3. The smallest absolute Gasteiger partial charge is 0.306 e. The van der Waals surface area contributed by atoms with Crippen LogP contribution in [0.2, 0.25) is 0 Å². The second kappa shape index (κ2) is 49.0. The summed E-state index contributed by atoms with van der Waals surface area (Å²) < 4.78 is 16.7. The van der Waals surface area contributed by atoms with Gasteiger partial charge < -0.3 is 14.2 Å². The first-order valence-electron chi connectivity index (χ1n) is 24.8. The van der Waals surface area contributed by atoms with E-state index in [4.69, 9.17) is 14.2 Å². The van der Waals surface area contributed by atoms with Gasteiger partial charge in [0.15, 0.2) is 6.10 Å². The Balaban J connectivity index is 4.55. The molecule has 0 rings (SSSR count). The van der Waals surface area contributed by atoms with Crippen molar-refractivity contribution in [1.82, 2.24) is 0 Å². The lowest BCUT2D eigenvalue weighted by atomic mass is 10.1. The van der Waals surface area contributed by atoms with Gasteiger partial charge in [-0.25, -0.2) is 0 Å². The standard InChI is InChI=1S/C55H90O6/c1-4-7-10-13-16-19-22-25-26-27-28-31-33-36-39-42-45-48-54(57)60-51-52(61-55(58)49-46-43-40-37-34-30-24-21-18-15-12-9-6-3)50-59-53(56)47-44-41-38-35-32-29-23-20-17-14-11-8-5-2/h9,12,15,18,21,24-26,28-32,34,36,39,52H,4-8,10-11,13-14,16-17,19-20,22-23,27,33,35,37-38,40-51H2,1-3H3/b12-9+,18-15+,24-21+,26-25+,31-28+,32-29+,34-30+,39-36+. The first-order valence-corrected chi connectivity index (χ1v) is 24.8. The molecule has 0 aromatic carbocycles. The van der Waals surface area contributed by atoms with Crippen LogP contribution in [0.15, 0.2) is 97.2 Å². The fourth-order valence-corrected chi connectivity index (χ4v) is 6.40. The lowest BCUT2D eigenvalue weighted by Crippen LogP contribution is -2.30. The van der Waals surface area contributed by atoms with Gasteiger partial charge in [-0.3, -0.25) is 14.4 Å². The van der Waals surface area contributed by atoms with Crippen LogP contribution < -0.4 is 0 Å². The highest BCUT2D eigenvalue weighted by atomic mass is 16.6. The summed E-state index contributed by atoms with van der Waals surface area (Å²) in [7, 11) is 0. The monoisotopic (exact) mass is 847 g/mol. The van der Waals surface area contributed by atoms with E-state index in [-0.39, 0.29) is 44.0 Å². The van der Waals surface area contributed by atoms with E-state index in [2.05, 4.69) is 81.5 Å². The third-order valence-electron chi connectivity index (χ3n) is 10.1. The van der Waals surface area contributed by atoms with Gasteiger partial charge in [0.1, 0.15) is 13.2 Å². The minimum atomic E-state index is -0.824. The highest BCUT2D eigenvalue weighted by molar-refractivity contribution is 5.71. The molecule has 346 valence electrons. The maximum atomic E-state index is 12.7. The van der Waals surface area contributed by atoms with Gasteiger partial charge in [0.25, 0.3) is 0 Å². The molecular weight excluding hydrogens is 757 g/mol. The Morgan fingerprint density at radius 1 is 0.361 bits per heavy atom. The number of hydrogen-bond donors (Lipinski definition) is 0. The van der Waals surface area contributed by atoms with Gasteiger partial charge in [-0.05, 0) is 96.3 Å². The molecule has 0 N–H and O–H groups in total. The van der Waals surface area contributed by atoms with E-state index in [1.165, 1.54) is 83.5 Å². The minimum Gasteiger partial charge on any atom is -0.462 e. The van der Waals surface area contributed by atoms with Gasteiger partial charge in [-0.2, -0.15) is 0 Å². The molecule has 6 heteroatoms. The molecule has 0 aromatic heterocycles. The van der Waals surface area contributed by atoms with Crippen LogP contribution in [0.4, 0.5) is 0 Å². The van der Waals surface area contributed by atoms with Gasteiger partial charge in [0.05, 0.1) is 0 Å². The molecule has 0 saturated carbocycles. The number of carbonyl (C=O) groups is 3. The Bertz CT molecular complexity index is 1250. The molecule has 6 nitrogen and oxygen atoms in total. The quantitative estimate of drug-likeness (QED) is 0.0200. The van der Waals surface area contributed by atoms with Crippen molar-refractivity contribution >= 4 is 17.9 Å². The van der Waals surface area contributed by atoms with Crippen LogP contribution in [0.25, 0.3) is 0 Å². The Morgan fingerprint density at radius 3 is 1.23 bits per heavy atom. The summed E-state index contributed by atoms with van der Waals surface area (Å²) in [6, 6.07) is 0. The summed E-state index contributed by atoms with van der Waals surface area (Å²) in [4.78, 5) is 37.8. The average molecular weight is 847 g/mol. The summed E-state index contributed by atoms with van der Waals surface area (Å²) in [5, 5.41) is 0. The maximum absolute atomic E-state index is 12.7. The molecule has 0 aliphatic heterocycles. The predicted molar refractivity (Wildman–Crippen MR) is 260 cm³/mol. The maximum Gasteiger partial charge on any atom is 0.306 e. The van der Waals surface area contributed by atoms with Gasteiger partial charge in [-0.1, -0.05) is 195 Å². The van der Waals surface area contributed by atoms with Crippen molar-refractivity contribution in [3.8, 4) is 0 Å². The van der Waals surface area contributed by atoms with Crippen LogP contribution in [0.3, 0.4) is 0 Å². The van der Waals surface area contributed by atoms with E-state index in [1.807, 2.05) is 36.5 Å². The molecule has 0 aliphatic carbocycles. The number of rotatable bonds is 43. The number of unbranched alkanes of at least 4 members (excludes halogenated alkanes) is 19. The van der Waals surface area contributed by atoms with Gasteiger partial charge in [-0.15, -0.1) is 0 Å². The Labute approximate surface area is 375 Å². The fraction of sp³-hybridized carbons (Fsp3) is 0.655. The predicted octanol–water partition coefficient (Wildman–Crippen LogP) is 16.2. The van der Waals surface area contributed by atoms with Crippen molar-refractivity contribution in [1.29, 1.82) is 0 Å². The second-order valence-electron chi connectivity index (χ2n) is 16.1. The SMILES string of the molecule is CC/C=C/C=C/C=C/C=C/CCCCCC(=O)OC(COC(=O)CCC/C=C/C/C=C/C/C=C/CCCCCCCC)COC(=O)CCCCC/C=C/CCCCCCCC. The highest BCUT2D eigenvalue weighted by Gasteiger charge is 2.19. The van der Waals surface area contributed by atoms with Crippen molar-refractivity contribution < 1.29 is 28.6 Å². The summed E-state index contributed by atoms with van der Waals surface area (Å²) in [6.07, 6.45) is 64.0. The highest BCUT2D eigenvalue weighted by Crippen LogP contribution is 2.12. The first-order chi connectivity index (χ1) is 30.0. The van der Waals surface area contributed by atoms with Crippen molar-refractivity contribution in [2.75, 3.05) is 13.2 Å². The van der Waals surface area contributed by atoms with Crippen LogP contribution in [0.5, 0.6) is 0 Å². The molecule has 0 heterocycles. The van der Waals surface area contributed by atoms with Crippen LogP contribution in [-0.4, -0.2) is 37.2 Å². The average Bonchev–Trinajstić information content (AvgIpc) is 3.26. The number of esters is 3. The third kappa shape index (κ3) is 47.2. The number of hydrogen-bond acceptors (Lipinski definition) is 6. The molecule has 0 radical (unpaired) electrons. The molecule has 1 atom stereocenters. The van der Waals surface area contributed by atoms with Gasteiger partial charge >= 0.3 is 17.9 Å². The van der Waals surface area contributed by atoms with Crippen molar-refractivity contribution in [2.24, 2.45) is 0 Å². The normalized spacial score (nSPS) is 12.9. The third-order valence-corrected chi connectivity index (χ3v) is 10.1. The van der Waals surface area contributed by atoms with Crippen LogP contribution in [0, 0.1) is 0 Å². The summed E-state index contributed by atoms with van der Waals surface area (Å²) >= 11 is 0. The van der Waals surface area contributed by atoms with Crippen molar-refractivity contribution in [3.63, 3.8) is 0 Å². The zero-order chi connectivity index (χ0) is 44.4. The topological polar surface area (TPSA) is 78.9 Å². The molecule has 0 saturated heterocycles. The molecule has 0 bridgehead atoms. The Hall–Kier alpha value is -3.67. The number of allylic oxidation sites excluding steroid dienone is 16. The van der Waals surface area contributed by atoms with Crippen LogP contribution in [-0.2, 0) is 28.6 Å². The van der Waals surface area contributed by atoms with E-state index in [1.54, 1.807) is 0 Å². The van der Waals surface area contributed by atoms with E-state index in [0.717, 1.165) is 77.0 Å². The van der Waals surface area contributed by atoms with Crippen molar-refractivity contribution in [3.05, 3.63) is 97.2 Å². The van der Waals surface area contributed by atoms with Gasteiger partial charge in [0.2, 0.25) is 0 Å². The lowest BCUT2D eigenvalue weighted by molar-refractivity contribution is -0.167. The molecule has 0 spiro atoms. The molecule has 61 heavy (non-hydrogen) atoms. The minimum absolute atomic E-state index is 0.118. The zero-order valence-corrected chi connectivity index (χ0v) is 39.4. The molecule has 0 aliphatic rings. The molecule has 0 fully saturated rings. The molecule has 1 unspecified atom stereocenters. The van der Waals surface area contributed by atoms with E-state index >= 15 is 0 Å². The Morgan fingerprint density at radius 2 is 0.721 bits per heavy atom. The summed E-state index contributed by atoms with van der Waals surface area (Å²) in [5.74, 6) is -1.03. The van der Waals surface area contributed by atoms with E-state index < -0.39 is 6.10 Å². The Kier molecular flexibility index (Phi) is 46.0. The number of ether oxygens (including phenoxy) is 3. The van der Waals surface area contributed by atoms with Gasteiger partial charge in [0, 0.05) is 19.3 Å². The fourth-order valence-electron chi connectivity index (χ4n) is 6.40. The zero-order valence-electron chi connectivity index (χ0n) is 39.4. The number of carbonyl (C=O) groups excluding carboxylic acids is 3. The lowest BCUT2D eigenvalue weighted by Gasteiger charge is -2.18. The van der Waals surface area contributed by atoms with E-state index in [0.29, 0.717) is 19.3 Å². The van der Waals surface area contributed by atoms with Crippen molar-refractivity contribution in [2.45, 2.75) is 219 Å². The second-order valence-corrected chi connectivity index (χ2v) is 16.1. The molecule has 0 amide bonds. The molecular formula is C55H90O6. The van der Waals surface area contributed by atoms with E-state index in [9.17, 15) is 14.4 Å². The summed E-state index contributed by atoms with van der Waals surface area (Å²) in [5.41, 5.74) is 0.